The monoisotopic (exact) mass is 371 g/mol. The first kappa shape index (κ1) is 18.8. The lowest BCUT2D eigenvalue weighted by molar-refractivity contribution is 0.0891. The van der Waals surface area contributed by atoms with E-state index in [2.05, 4.69) is 28.7 Å². The number of thiophene rings is 1. The maximum atomic E-state index is 12.5. The minimum absolute atomic E-state index is 0.0841. The van der Waals surface area contributed by atoms with E-state index in [4.69, 9.17) is 0 Å². The van der Waals surface area contributed by atoms with Crippen LogP contribution in [0.2, 0.25) is 0 Å². The Morgan fingerprint density at radius 3 is 2.58 bits per heavy atom. The number of fused-ring (bicyclic) bond motifs is 1. The molecule has 2 N–H and O–H groups in total. The Hall–Kier alpha value is -2.02. The summed E-state index contributed by atoms with van der Waals surface area (Å²) in [5.74, 6) is 0.637. The largest absolute Gasteiger partial charge is 0.387 e. The fraction of sp³-hybridized carbons (Fsp3) is 0.400. The fourth-order valence-electron chi connectivity index (χ4n) is 3.03. The minimum atomic E-state index is -0.583. The van der Waals surface area contributed by atoms with Gasteiger partial charge in [-0.1, -0.05) is 30.3 Å². The molecule has 1 atom stereocenters. The zero-order valence-electron chi connectivity index (χ0n) is 15.6. The SMILES string of the molecule is Cc1sc2nc(CN(CC(O)c3ccccc3)C(C)C)[nH]c(=O)c2c1C. The zero-order valence-corrected chi connectivity index (χ0v) is 16.4. The van der Waals surface area contributed by atoms with Crippen LogP contribution < -0.4 is 5.56 Å². The molecule has 3 rings (SSSR count). The summed E-state index contributed by atoms with van der Waals surface area (Å²) in [6.07, 6.45) is -0.583. The van der Waals surface area contributed by atoms with Gasteiger partial charge in [-0.2, -0.15) is 0 Å². The van der Waals surface area contributed by atoms with Crippen molar-refractivity contribution in [2.24, 2.45) is 0 Å². The van der Waals surface area contributed by atoms with Crippen LogP contribution >= 0.6 is 11.3 Å². The molecule has 3 aromatic rings. The highest BCUT2D eigenvalue weighted by molar-refractivity contribution is 7.18. The van der Waals surface area contributed by atoms with Gasteiger partial charge in [-0.05, 0) is 38.8 Å². The molecule has 0 aliphatic heterocycles. The van der Waals surface area contributed by atoms with Crippen LogP contribution in [-0.2, 0) is 6.54 Å². The maximum Gasteiger partial charge on any atom is 0.259 e. The Morgan fingerprint density at radius 1 is 1.23 bits per heavy atom. The molecule has 6 heteroatoms. The summed E-state index contributed by atoms with van der Waals surface area (Å²) in [7, 11) is 0. The van der Waals surface area contributed by atoms with Crippen LogP contribution in [0.3, 0.4) is 0 Å². The molecule has 26 heavy (non-hydrogen) atoms. The molecule has 1 aromatic carbocycles. The first-order valence-electron chi connectivity index (χ1n) is 8.82. The summed E-state index contributed by atoms with van der Waals surface area (Å²) < 4.78 is 0. The van der Waals surface area contributed by atoms with E-state index in [9.17, 15) is 9.90 Å². The number of aliphatic hydroxyl groups is 1. The average molecular weight is 372 g/mol. The third-order valence-electron chi connectivity index (χ3n) is 4.76. The van der Waals surface area contributed by atoms with Crippen molar-refractivity contribution in [2.75, 3.05) is 6.54 Å². The van der Waals surface area contributed by atoms with E-state index in [0.29, 0.717) is 24.3 Å². The molecular weight excluding hydrogens is 346 g/mol. The second-order valence-electron chi connectivity index (χ2n) is 6.93. The molecule has 0 amide bonds. The lowest BCUT2D eigenvalue weighted by atomic mass is 10.1. The van der Waals surface area contributed by atoms with Crippen LogP contribution in [-0.4, -0.2) is 32.6 Å². The average Bonchev–Trinajstić information content (AvgIpc) is 2.89. The Kier molecular flexibility index (Phi) is 5.55. The van der Waals surface area contributed by atoms with Gasteiger partial charge in [-0.3, -0.25) is 9.69 Å². The van der Waals surface area contributed by atoms with Crippen LogP contribution in [0.4, 0.5) is 0 Å². The lowest BCUT2D eigenvalue weighted by Gasteiger charge is -2.28. The molecule has 0 radical (unpaired) electrons. The Labute approximate surface area is 157 Å². The molecule has 0 aliphatic carbocycles. The summed E-state index contributed by atoms with van der Waals surface area (Å²) >= 11 is 1.55. The van der Waals surface area contributed by atoms with Crippen molar-refractivity contribution in [3.63, 3.8) is 0 Å². The number of aryl methyl sites for hydroxylation is 2. The number of hydrogen-bond acceptors (Lipinski definition) is 5. The molecular formula is C20H25N3O2S. The van der Waals surface area contributed by atoms with E-state index in [0.717, 1.165) is 20.8 Å². The topological polar surface area (TPSA) is 69.2 Å². The van der Waals surface area contributed by atoms with Crippen LogP contribution in [0.25, 0.3) is 10.2 Å². The van der Waals surface area contributed by atoms with Gasteiger partial charge in [0.05, 0.1) is 18.0 Å². The number of benzene rings is 1. The van der Waals surface area contributed by atoms with Gasteiger partial charge in [0.1, 0.15) is 10.7 Å². The number of aliphatic hydroxyl groups excluding tert-OH is 1. The minimum Gasteiger partial charge on any atom is -0.387 e. The predicted molar refractivity (Wildman–Crippen MR) is 107 cm³/mol. The van der Waals surface area contributed by atoms with Gasteiger partial charge in [-0.25, -0.2) is 4.98 Å². The molecule has 2 heterocycles. The van der Waals surface area contributed by atoms with Crippen molar-refractivity contribution in [1.29, 1.82) is 0 Å². The first-order chi connectivity index (χ1) is 12.4. The molecule has 2 aromatic heterocycles. The van der Waals surface area contributed by atoms with Gasteiger partial charge in [0, 0.05) is 17.5 Å². The third-order valence-corrected chi connectivity index (χ3v) is 5.86. The van der Waals surface area contributed by atoms with Crippen LogP contribution in [0, 0.1) is 13.8 Å². The van der Waals surface area contributed by atoms with Crippen molar-refractivity contribution >= 4 is 21.6 Å². The molecule has 0 aliphatic rings. The number of H-pyrrole nitrogens is 1. The highest BCUT2D eigenvalue weighted by Crippen LogP contribution is 2.26. The van der Waals surface area contributed by atoms with Crippen LogP contribution in [0.15, 0.2) is 35.1 Å². The summed E-state index contributed by atoms with van der Waals surface area (Å²) in [5, 5.41) is 11.2. The second-order valence-corrected chi connectivity index (χ2v) is 8.13. The normalized spacial score (nSPS) is 13.0. The quantitative estimate of drug-likeness (QED) is 0.695. The summed E-state index contributed by atoms with van der Waals surface area (Å²) in [4.78, 5) is 24.1. The van der Waals surface area contributed by atoms with Gasteiger partial charge < -0.3 is 10.1 Å². The molecule has 5 nitrogen and oxygen atoms in total. The van der Waals surface area contributed by atoms with Crippen LogP contribution in [0.5, 0.6) is 0 Å². The summed E-state index contributed by atoms with van der Waals surface area (Å²) in [6.45, 7) is 9.09. The standard InChI is InChI=1S/C20H25N3O2S/c1-12(2)23(10-16(24)15-8-6-5-7-9-15)11-17-21-19(25)18-13(3)14(4)26-20(18)22-17/h5-9,12,16,24H,10-11H2,1-4H3,(H,21,22,25). The first-order valence-corrected chi connectivity index (χ1v) is 9.64. The highest BCUT2D eigenvalue weighted by atomic mass is 32.1. The van der Waals surface area contributed by atoms with Crippen molar-refractivity contribution in [2.45, 2.75) is 46.4 Å². The van der Waals surface area contributed by atoms with E-state index >= 15 is 0 Å². The maximum absolute atomic E-state index is 12.5. The van der Waals surface area contributed by atoms with Crippen LogP contribution in [0.1, 0.15) is 41.8 Å². The second kappa shape index (κ2) is 7.70. The highest BCUT2D eigenvalue weighted by Gasteiger charge is 2.19. The zero-order chi connectivity index (χ0) is 18.8. The van der Waals surface area contributed by atoms with Gasteiger partial charge in [-0.15, -0.1) is 11.3 Å². The molecule has 0 saturated carbocycles. The number of nitrogens with one attached hydrogen (secondary N) is 1. The molecule has 0 saturated heterocycles. The van der Waals surface area contributed by atoms with E-state index < -0.39 is 6.10 Å². The van der Waals surface area contributed by atoms with Crippen molar-refractivity contribution in [1.82, 2.24) is 14.9 Å². The lowest BCUT2D eigenvalue weighted by Crippen LogP contribution is -2.35. The Bertz CT molecular complexity index is 947. The number of nitrogens with zero attached hydrogens (tertiary/aromatic N) is 2. The van der Waals surface area contributed by atoms with E-state index in [1.165, 1.54) is 0 Å². The smallest absolute Gasteiger partial charge is 0.259 e. The number of rotatable bonds is 6. The van der Waals surface area contributed by atoms with E-state index in [1.54, 1.807) is 11.3 Å². The summed E-state index contributed by atoms with van der Waals surface area (Å²) in [5.41, 5.74) is 1.81. The third kappa shape index (κ3) is 3.87. The van der Waals surface area contributed by atoms with Gasteiger partial charge in [0.15, 0.2) is 0 Å². The Morgan fingerprint density at radius 2 is 1.92 bits per heavy atom. The molecule has 0 spiro atoms. The Balaban J connectivity index is 1.84. The van der Waals surface area contributed by atoms with E-state index in [1.807, 2.05) is 44.2 Å². The fourth-order valence-corrected chi connectivity index (χ4v) is 4.08. The van der Waals surface area contributed by atoms with Gasteiger partial charge in [0.2, 0.25) is 0 Å². The van der Waals surface area contributed by atoms with Crippen molar-refractivity contribution in [3.8, 4) is 0 Å². The summed E-state index contributed by atoms with van der Waals surface area (Å²) in [6, 6.07) is 9.84. The number of aromatic amines is 1. The van der Waals surface area contributed by atoms with Gasteiger partial charge >= 0.3 is 0 Å². The predicted octanol–water partition coefficient (Wildman–Crippen LogP) is 3.55. The van der Waals surface area contributed by atoms with Crippen molar-refractivity contribution < 1.29 is 5.11 Å². The molecule has 1 unspecified atom stereocenters. The number of aromatic nitrogens is 2. The molecule has 0 fully saturated rings. The van der Waals surface area contributed by atoms with Crippen molar-refractivity contribution in [3.05, 3.63) is 62.5 Å². The van der Waals surface area contributed by atoms with E-state index in [-0.39, 0.29) is 11.6 Å². The molecule has 138 valence electrons. The molecule has 0 bridgehead atoms. The number of hydrogen-bond donors (Lipinski definition) is 2. The van der Waals surface area contributed by atoms with Gasteiger partial charge in [0.25, 0.3) is 5.56 Å².